The molecule has 0 radical (unpaired) electrons. The van der Waals surface area contributed by atoms with Crippen LogP contribution in [0.4, 0.5) is 0 Å². The van der Waals surface area contributed by atoms with Crippen molar-refractivity contribution in [3.8, 4) is 0 Å². The Hall–Kier alpha value is -2.77. The Morgan fingerprint density at radius 3 is 2.69 bits per heavy atom. The van der Waals surface area contributed by atoms with Crippen molar-refractivity contribution in [2.45, 2.75) is 37.6 Å². The fourth-order valence-electron chi connectivity index (χ4n) is 4.68. The first kappa shape index (κ1) is 22.4. The van der Waals surface area contributed by atoms with Crippen molar-refractivity contribution in [2.24, 2.45) is 0 Å². The van der Waals surface area contributed by atoms with Gasteiger partial charge in [0.2, 0.25) is 0 Å². The van der Waals surface area contributed by atoms with Gasteiger partial charge in [-0.15, -0.1) is 0 Å². The number of esters is 1. The van der Waals surface area contributed by atoms with Crippen molar-refractivity contribution in [3.63, 3.8) is 0 Å². The predicted octanol–water partition coefficient (Wildman–Crippen LogP) is 2.94. The van der Waals surface area contributed by atoms with E-state index in [4.69, 9.17) is 9.47 Å². The van der Waals surface area contributed by atoms with E-state index >= 15 is 0 Å². The molecule has 7 nitrogen and oxygen atoms in total. The summed E-state index contributed by atoms with van der Waals surface area (Å²) >= 11 is 0. The average Bonchev–Trinajstić information content (AvgIpc) is 2.86. The van der Waals surface area contributed by atoms with E-state index in [0.717, 1.165) is 50.0 Å². The zero-order valence-electron chi connectivity index (χ0n) is 18.4. The first-order valence-corrected chi connectivity index (χ1v) is 11.4. The maximum absolute atomic E-state index is 12.4. The molecule has 1 aliphatic heterocycles. The van der Waals surface area contributed by atoms with Crippen molar-refractivity contribution in [3.05, 3.63) is 48.2 Å². The van der Waals surface area contributed by atoms with Crippen LogP contribution in [0.3, 0.4) is 0 Å². The number of morpholine rings is 1. The monoisotopic (exact) mass is 437 g/mol. The second kappa shape index (κ2) is 10.7. The van der Waals surface area contributed by atoms with Crippen molar-refractivity contribution in [1.29, 1.82) is 0 Å². The fourth-order valence-corrected chi connectivity index (χ4v) is 4.68. The molecule has 170 valence electrons. The van der Waals surface area contributed by atoms with E-state index < -0.39 is 5.97 Å². The molecule has 2 aliphatic rings. The molecule has 2 heterocycles. The smallest absolute Gasteiger partial charge is 0.331 e. The van der Waals surface area contributed by atoms with Crippen molar-refractivity contribution in [2.75, 3.05) is 39.5 Å². The molecule has 1 amide bonds. The number of fused-ring (bicyclic) bond motifs is 1. The minimum atomic E-state index is -0.560. The summed E-state index contributed by atoms with van der Waals surface area (Å²) in [6, 6.07) is 11.6. The normalized spacial score (nSPS) is 19.1. The van der Waals surface area contributed by atoms with Crippen LogP contribution in [0.15, 0.2) is 42.5 Å². The molecule has 7 heteroatoms. The van der Waals surface area contributed by atoms with Crippen molar-refractivity contribution >= 4 is 28.9 Å². The van der Waals surface area contributed by atoms with E-state index in [1.54, 1.807) is 6.08 Å². The van der Waals surface area contributed by atoms with Gasteiger partial charge in [-0.2, -0.15) is 0 Å². The number of carbonyl (C=O) groups is 2. The largest absolute Gasteiger partial charge is 0.452 e. The van der Waals surface area contributed by atoms with Crippen LogP contribution < -0.4 is 5.32 Å². The third-order valence-corrected chi connectivity index (χ3v) is 6.44. The molecule has 1 saturated heterocycles. The molecule has 1 aromatic carbocycles. The molecular formula is C25H31N3O4. The van der Waals surface area contributed by atoms with Gasteiger partial charge in [-0.3, -0.25) is 9.69 Å². The Balaban J connectivity index is 1.26. The van der Waals surface area contributed by atoms with Gasteiger partial charge in [0.05, 0.1) is 24.4 Å². The highest BCUT2D eigenvalue weighted by atomic mass is 16.5. The highest BCUT2D eigenvalue weighted by Gasteiger charge is 2.38. The zero-order valence-corrected chi connectivity index (χ0v) is 18.4. The maximum Gasteiger partial charge on any atom is 0.331 e. The van der Waals surface area contributed by atoms with Crippen LogP contribution in [0.2, 0.25) is 0 Å². The first-order valence-electron chi connectivity index (χ1n) is 11.4. The van der Waals surface area contributed by atoms with E-state index in [9.17, 15) is 9.59 Å². The maximum atomic E-state index is 12.4. The van der Waals surface area contributed by atoms with Gasteiger partial charge in [-0.25, -0.2) is 9.78 Å². The summed E-state index contributed by atoms with van der Waals surface area (Å²) in [5.41, 5.74) is 1.51. The van der Waals surface area contributed by atoms with E-state index in [1.807, 2.05) is 36.4 Å². The van der Waals surface area contributed by atoms with Crippen LogP contribution in [0.5, 0.6) is 0 Å². The summed E-state index contributed by atoms with van der Waals surface area (Å²) in [6.07, 6.45) is 8.66. The molecule has 4 rings (SSSR count). The molecule has 0 bridgehead atoms. The summed E-state index contributed by atoms with van der Waals surface area (Å²) in [4.78, 5) is 31.4. The standard InChI is InChI=1S/C25H31N3O4/c29-23(26-19-25(12-4-1-5-13-25)28-14-16-31-17-15-28)18-32-24(30)11-10-21-9-8-20-6-2-3-7-22(20)27-21/h2-3,6-11H,1,4-5,12-19H2,(H,26,29)/b11-10+. The van der Waals surface area contributed by atoms with Gasteiger partial charge in [-0.1, -0.05) is 43.5 Å². The Bertz CT molecular complexity index is 963. The number of ether oxygens (including phenoxy) is 2. The van der Waals surface area contributed by atoms with Gasteiger partial charge in [0.15, 0.2) is 6.61 Å². The van der Waals surface area contributed by atoms with E-state index in [0.29, 0.717) is 12.2 Å². The Kier molecular flexibility index (Phi) is 7.50. The third kappa shape index (κ3) is 5.72. The molecule has 32 heavy (non-hydrogen) atoms. The summed E-state index contributed by atoms with van der Waals surface area (Å²) in [6.45, 7) is 3.59. The van der Waals surface area contributed by atoms with Crippen LogP contribution in [-0.4, -0.2) is 66.8 Å². The van der Waals surface area contributed by atoms with Gasteiger partial charge in [0.1, 0.15) is 0 Å². The minimum absolute atomic E-state index is 0.0106. The van der Waals surface area contributed by atoms with Crippen LogP contribution in [0.1, 0.15) is 37.8 Å². The Morgan fingerprint density at radius 1 is 1.09 bits per heavy atom. The number of hydrogen-bond donors (Lipinski definition) is 1. The lowest BCUT2D eigenvalue weighted by molar-refractivity contribution is -0.144. The summed E-state index contributed by atoms with van der Waals surface area (Å²) < 4.78 is 10.6. The summed E-state index contributed by atoms with van der Waals surface area (Å²) in [7, 11) is 0. The molecule has 0 unspecified atom stereocenters. The van der Waals surface area contributed by atoms with E-state index in [-0.39, 0.29) is 18.1 Å². The second-order valence-electron chi connectivity index (χ2n) is 8.53. The zero-order chi connectivity index (χ0) is 22.2. The number of para-hydroxylation sites is 1. The van der Waals surface area contributed by atoms with Gasteiger partial charge in [0.25, 0.3) is 5.91 Å². The molecule has 1 N–H and O–H groups in total. The second-order valence-corrected chi connectivity index (χ2v) is 8.53. The van der Waals surface area contributed by atoms with Crippen LogP contribution in [0, 0.1) is 0 Å². The third-order valence-electron chi connectivity index (χ3n) is 6.44. The van der Waals surface area contributed by atoms with Crippen molar-refractivity contribution in [1.82, 2.24) is 15.2 Å². The number of aromatic nitrogens is 1. The average molecular weight is 438 g/mol. The van der Waals surface area contributed by atoms with Gasteiger partial charge < -0.3 is 14.8 Å². The number of amides is 1. The SMILES string of the molecule is O=C(COC(=O)/C=C/c1ccc2ccccc2n1)NCC1(N2CCOCC2)CCCCC1. The lowest BCUT2D eigenvalue weighted by Gasteiger charge is -2.48. The van der Waals surface area contributed by atoms with E-state index in [1.165, 1.54) is 25.3 Å². The van der Waals surface area contributed by atoms with Crippen LogP contribution >= 0.6 is 0 Å². The lowest BCUT2D eigenvalue weighted by atomic mass is 9.79. The number of carbonyl (C=O) groups excluding carboxylic acids is 2. The first-order chi connectivity index (χ1) is 15.6. The molecule has 2 fully saturated rings. The van der Waals surface area contributed by atoms with Crippen LogP contribution in [-0.2, 0) is 19.1 Å². The number of hydrogen-bond acceptors (Lipinski definition) is 6. The highest BCUT2D eigenvalue weighted by Crippen LogP contribution is 2.33. The molecule has 1 aromatic heterocycles. The van der Waals surface area contributed by atoms with Gasteiger partial charge >= 0.3 is 5.97 Å². The number of benzene rings is 1. The number of rotatable bonds is 7. The molecule has 0 spiro atoms. The molecule has 0 atom stereocenters. The number of nitrogens with one attached hydrogen (secondary N) is 1. The predicted molar refractivity (Wildman–Crippen MR) is 123 cm³/mol. The van der Waals surface area contributed by atoms with Crippen molar-refractivity contribution < 1.29 is 19.1 Å². The molecular weight excluding hydrogens is 406 g/mol. The Morgan fingerprint density at radius 2 is 1.88 bits per heavy atom. The summed E-state index contributed by atoms with van der Waals surface area (Å²) in [5, 5.41) is 4.04. The lowest BCUT2D eigenvalue weighted by Crippen LogP contribution is -2.59. The molecule has 1 aliphatic carbocycles. The quantitative estimate of drug-likeness (QED) is 0.530. The van der Waals surface area contributed by atoms with Gasteiger partial charge in [0, 0.05) is 36.6 Å². The topological polar surface area (TPSA) is 80.8 Å². The van der Waals surface area contributed by atoms with Gasteiger partial charge in [-0.05, 0) is 31.1 Å². The number of nitrogens with zero attached hydrogens (tertiary/aromatic N) is 2. The molecule has 1 saturated carbocycles. The number of pyridine rings is 1. The Labute approximate surface area is 188 Å². The van der Waals surface area contributed by atoms with E-state index in [2.05, 4.69) is 15.2 Å². The van der Waals surface area contributed by atoms with Crippen LogP contribution in [0.25, 0.3) is 17.0 Å². The highest BCUT2D eigenvalue weighted by molar-refractivity contribution is 5.89. The fraction of sp³-hybridized carbons (Fsp3) is 0.480. The minimum Gasteiger partial charge on any atom is -0.452 e. The molecule has 2 aromatic rings. The summed E-state index contributed by atoms with van der Waals surface area (Å²) in [5.74, 6) is -0.829.